The summed E-state index contributed by atoms with van der Waals surface area (Å²) in [6.45, 7) is 7.10. The maximum absolute atomic E-state index is 13.2. The van der Waals surface area contributed by atoms with E-state index in [0.29, 0.717) is 35.8 Å². The van der Waals surface area contributed by atoms with E-state index in [1.165, 1.54) is 12.1 Å². The quantitative estimate of drug-likeness (QED) is 0.804. The summed E-state index contributed by atoms with van der Waals surface area (Å²) in [6.07, 6.45) is 3.10. The number of aryl methyl sites for hydroxylation is 3. The first-order valence-corrected chi connectivity index (χ1v) is 9.85. The molecular formula is C22H28FN3O2. The van der Waals surface area contributed by atoms with Crippen molar-refractivity contribution in [2.45, 2.75) is 46.5 Å². The van der Waals surface area contributed by atoms with Gasteiger partial charge in [-0.2, -0.15) is 0 Å². The van der Waals surface area contributed by atoms with Gasteiger partial charge in [-0.3, -0.25) is 9.59 Å². The molecule has 1 aromatic heterocycles. The van der Waals surface area contributed by atoms with Crippen LogP contribution < -0.4 is 5.32 Å². The van der Waals surface area contributed by atoms with Gasteiger partial charge in [0.15, 0.2) is 0 Å². The SMILES string of the molecule is Cc1cc(C)c(C(=O)N2CCCC(CCC(=O)Nc3ccc(F)cc3C)C2)[nH]1. The topological polar surface area (TPSA) is 65.2 Å². The molecule has 1 aliphatic rings. The van der Waals surface area contributed by atoms with Crippen molar-refractivity contribution in [1.82, 2.24) is 9.88 Å². The molecule has 0 aliphatic carbocycles. The zero-order chi connectivity index (χ0) is 20.3. The second kappa shape index (κ2) is 8.59. The van der Waals surface area contributed by atoms with Crippen molar-refractivity contribution in [3.63, 3.8) is 0 Å². The zero-order valence-corrected chi connectivity index (χ0v) is 16.8. The third kappa shape index (κ3) is 4.80. The number of hydrogen-bond donors (Lipinski definition) is 2. The molecule has 0 radical (unpaired) electrons. The second-order valence-electron chi connectivity index (χ2n) is 7.82. The van der Waals surface area contributed by atoms with Crippen molar-refractivity contribution >= 4 is 17.5 Å². The van der Waals surface area contributed by atoms with Crippen LogP contribution in [0, 0.1) is 32.5 Å². The summed E-state index contributed by atoms with van der Waals surface area (Å²) in [7, 11) is 0. The lowest BCUT2D eigenvalue weighted by Crippen LogP contribution is -2.40. The Hall–Kier alpha value is -2.63. The fraction of sp³-hybridized carbons (Fsp3) is 0.455. The molecule has 150 valence electrons. The predicted octanol–water partition coefficient (Wildman–Crippen LogP) is 4.35. The summed E-state index contributed by atoms with van der Waals surface area (Å²) in [6, 6.07) is 6.32. The van der Waals surface area contributed by atoms with E-state index in [1.54, 1.807) is 13.0 Å². The van der Waals surface area contributed by atoms with Gasteiger partial charge < -0.3 is 15.2 Å². The molecule has 2 heterocycles. The molecule has 0 bridgehead atoms. The summed E-state index contributed by atoms with van der Waals surface area (Å²) >= 11 is 0. The van der Waals surface area contributed by atoms with Crippen LogP contribution in [0.4, 0.5) is 10.1 Å². The van der Waals surface area contributed by atoms with Gasteiger partial charge in [0, 0.05) is 30.9 Å². The van der Waals surface area contributed by atoms with Gasteiger partial charge in [0.2, 0.25) is 5.91 Å². The largest absolute Gasteiger partial charge is 0.354 e. The molecule has 1 atom stereocenters. The monoisotopic (exact) mass is 385 g/mol. The molecule has 2 aromatic rings. The van der Waals surface area contributed by atoms with Crippen molar-refractivity contribution in [1.29, 1.82) is 0 Å². The van der Waals surface area contributed by atoms with Crippen LogP contribution in [0.1, 0.15) is 53.0 Å². The van der Waals surface area contributed by atoms with Crippen molar-refractivity contribution in [3.8, 4) is 0 Å². The molecule has 1 fully saturated rings. The van der Waals surface area contributed by atoms with Gasteiger partial charge in [0.25, 0.3) is 5.91 Å². The smallest absolute Gasteiger partial charge is 0.270 e. The summed E-state index contributed by atoms with van der Waals surface area (Å²) in [4.78, 5) is 30.2. The van der Waals surface area contributed by atoms with E-state index >= 15 is 0 Å². The minimum absolute atomic E-state index is 0.0432. The number of aromatic amines is 1. The number of benzene rings is 1. The van der Waals surface area contributed by atoms with Crippen molar-refractivity contribution < 1.29 is 14.0 Å². The van der Waals surface area contributed by atoms with Crippen molar-refractivity contribution in [3.05, 3.63) is 52.6 Å². The van der Waals surface area contributed by atoms with Gasteiger partial charge in [0.05, 0.1) is 0 Å². The van der Waals surface area contributed by atoms with Crippen molar-refractivity contribution in [2.24, 2.45) is 5.92 Å². The molecule has 1 aromatic carbocycles. The molecule has 28 heavy (non-hydrogen) atoms. The van der Waals surface area contributed by atoms with Crippen molar-refractivity contribution in [2.75, 3.05) is 18.4 Å². The van der Waals surface area contributed by atoms with Crippen LogP contribution in [-0.2, 0) is 4.79 Å². The molecular weight excluding hydrogens is 357 g/mol. The Morgan fingerprint density at radius 1 is 1.21 bits per heavy atom. The van der Waals surface area contributed by atoms with Crippen LogP contribution in [0.5, 0.6) is 0 Å². The van der Waals surface area contributed by atoms with Crippen LogP contribution in [0.15, 0.2) is 24.3 Å². The second-order valence-corrected chi connectivity index (χ2v) is 7.82. The first kappa shape index (κ1) is 20.1. The number of carbonyl (C=O) groups is 2. The van der Waals surface area contributed by atoms with Crippen LogP contribution in [-0.4, -0.2) is 34.8 Å². The predicted molar refractivity (Wildman–Crippen MR) is 108 cm³/mol. The van der Waals surface area contributed by atoms with E-state index in [9.17, 15) is 14.0 Å². The van der Waals surface area contributed by atoms with Crippen LogP contribution in [0.3, 0.4) is 0 Å². The number of rotatable bonds is 5. The van der Waals surface area contributed by atoms with Gasteiger partial charge in [0.1, 0.15) is 11.5 Å². The number of likely N-dealkylation sites (tertiary alicyclic amines) is 1. The maximum atomic E-state index is 13.2. The highest BCUT2D eigenvalue weighted by Crippen LogP contribution is 2.24. The molecule has 6 heteroatoms. The van der Waals surface area contributed by atoms with E-state index in [0.717, 1.165) is 37.1 Å². The van der Waals surface area contributed by atoms with Gasteiger partial charge in [-0.05, 0) is 81.3 Å². The van der Waals surface area contributed by atoms with Crippen LogP contribution >= 0.6 is 0 Å². The normalized spacial score (nSPS) is 16.9. The molecule has 1 unspecified atom stereocenters. The number of anilines is 1. The Kier molecular flexibility index (Phi) is 6.17. The van der Waals surface area contributed by atoms with Crippen LogP contribution in [0.2, 0.25) is 0 Å². The van der Waals surface area contributed by atoms with Crippen LogP contribution in [0.25, 0.3) is 0 Å². The fourth-order valence-electron chi connectivity index (χ4n) is 3.91. The maximum Gasteiger partial charge on any atom is 0.270 e. The summed E-state index contributed by atoms with van der Waals surface area (Å²) in [5.74, 6) is -0.0280. The first-order valence-electron chi connectivity index (χ1n) is 9.85. The molecule has 1 aliphatic heterocycles. The third-order valence-electron chi connectivity index (χ3n) is 5.41. The van der Waals surface area contributed by atoms with E-state index in [2.05, 4.69) is 10.3 Å². The number of piperidine rings is 1. The Morgan fingerprint density at radius 3 is 2.68 bits per heavy atom. The summed E-state index contributed by atoms with van der Waals surface area (Å²) in [5, 5.41) is 2.86. The van der Waals surface area contributed by atoms with Gasteiger partial charge >= 0.3 is 0 Å². The molecule has 2 N–H and O–H groups in total. The van der Waals surface area contributed by atoms with E-state index in [-0.39, 0.29) is 17.6 Å². The Labute approximate surface area is 165 Å². The minimum Gasteiger partial charge on any atom is -0.354 e. The van der Waals surface area contributed by atoms with Gasteiger partial charge in [-0.25, -0.2) is 4.39 Å². The number of aromatic nitrogens is 1. The highest BCUT2D eigenvalue weighted by Gasteiger charge is 2.26. The number of carbonyl (C=O) groups excluding carboxylic acids is 2. The molecule has 3 rings (SSSR count). The number of H-pyrrole nitrogens is 1. The Bertz CT molecular complexity index is 875. The Morgan fingerprint density at radius 2 is 2.00 bits per heavy atom. The lowest BCUT2D eigenvalue weighted by Gasteiger charge is -2.32. The highest BCUT2D eigenvalue weighted by molar-refractivity contribution is 5.94. The first-order chi connectivity index (χ1) is 13.3. The standard InChI is InChI=1S/C22H28FN3O2/c1-14-12-18(23)7-8-19(14)25-20(27)9-6-17-5-4-10-26(13-17)22(28)21-15(2)11-16(3)24-21/h7-8,11-12,17,24H,4-6,9-10,13H2,1-3H3,(H,25,27). The number of amides is 2. The average Bonchev–Trinajstić information content (AvgIpc) is 3.00. The third-order valence-corrected chi connectivity index (χ3v) is 5.41. The van der Waals surface area contributed by atoms with E-state index in [4.69, 9.17) is 0 Å². The highest BCUT2D eigenvalue weighted by atomic mass is 19.1. The molecule has 0 spiro atoms. The zero-order valence-electron chi connectivity index (χ0n) is 16.8. The Balaban J connectivity index is 1.52. The minimum atomic E-state index is -0.310. The van der Waals surface area contributed by atoms with E-state index < -0.39 is 0 Å². The molecule has 1 saturated heterocycles. The summed E-state index contributed by atoms with van der Waals surface area (Å²) < 4.78 is 13.2. The number of nitrogens with one attached hydrogen (secondary N) is 2. The number of halogens is 1. The molecule has 5 nitrogen and oxygen atoms in total. The fourth-order valence-corrected chi connectivity index (χ4v) is 3.91. The van der Waals surface area contributed by atoms with Gasteiger partial charge in [-0.15, -0.1) is 0 Å². The van der Waals surface area contributed by atoms with E-state index in [1.807, 2.05) is 24.8 Å². The van der Waals surface area contributed by atoms with Gasteiger partial charge in [-0.1, -0.05) is 0 Å². The average molecular weight is 385 g/mol. The lowest BCUT2D eigenvalue weighted by atomic mass is 9.93. The molecule has 0 saturated carbocycles. The number of nitrogens with zero attached hydrogens (tertiary/aromatic N) is 1. The lowest BCUT2D eigenvalue weighted by molar-refractivity contribution is -0.116. The summed E-state index contributed by atoms with van der Waals surface area (Å²) in [5.41, 5.74) is 3.98. The molecule has 2 amide bonds. The number of hydrogen-bond acceptors (Lipinski definition) is 2.